The summed E-state index contributed by atoms with van der Waals surface area (Å²) in [5.41, 5.74) is 9.16. The van der Waals surface area contributed by atoms with Crippen LogP contribution in [0.1, 0.15) is 43.2 Å². The maximum Gasteiger partial charge on any atom is 0.261 e. The van der Waals surface area contributed by atoms with Crippen LogP contribution in [0.15, 0.2) is 81.5 Å². The van der Waals surface area contributed by atoms with Gasteiger partial charge in [-0.15, -0.1) is 0 Å². The number of nitrogens with one attached hydrogen (secondary N) is 3. The summed E-state index contributed by atoms with van der Waals surface area (Å²) in [6.07, 6.45) is 7.58. The van der Waals surface area contributed by atoms with E-state index in [9.17, 15) is 4.79 Å². The van der Waals surface area contributed by atoms with Gasteiger partial charge >= 0.3 is 0 Å². The number of hydrogen-bond acceptors (Lipinski definition) is 5. The molecule has 2 aromatic carbocycles. The van der Waals surface area contributed by atoms with Gasteiger partial charge in [0.05, 0.1) is 11.4 Å². The van der Waals surface area contributed by atoms with E-state index in [0.29, 0.717) is 17.3 Å². The summed E-state index contributed by atoms with van der Waals surface area (Å²) in [4.78, 5) is 20.9. The van der Waals surface area contributed by atoms with Gasteiger partial charge in [-0.1, -0.05) is 49.6 Å². The Morgan fingerprint density at radius 1 is 1.03 bits per heavy atom. The molecule has 1 aromatic heterocycles. The number of benzene rings is 2. The van der Waals surface area contributed by atoms with Crippen molar-refractivity contribution in [1.82, 2.24) is 9.71 Å². The number of anilines is 1. The molecule has 0 atom stereocenters. The lowest BCUT2D eigenvalue weighted by Crippen LogP contribution is -2.29. The van der Waals surface area contributed by atoms with E-state index in [1.807, 2.05) is 48.5 Å². The second-order valence-electron chi connectivity index (χ2n) is 7.97. The lowest BCUT2D eigenvalue weighted by Gasteiger charge is -2.24. The van der Waals surface area contributed by atoms with Gasteiger partial charge in [0, 0.05) is 23.7 Å². The number of hydrogen-bond donors (Lipinski definition) is 4. The quantitative estimate of drug-likeness (QED) is 0.223. The Bertz CT molecular complexity index is 1090. The fourth-order valence-electron chi connectivity index (χ4n) is 3.90. The van der Waals surface area contributed by atoms with Crippen LogP contribution in [0, 0.1) is 0 Å². The van der Waals surface area contributed by atoms with Crippen molar-refractivity contribution in [2.45, 2.75) is 49.6 Å². The predicted molar refractivity (Wildman–Crippen MR) is 134 cm³/mol. The summed E-state index contributed by atoms with van der Waals surface area (Å²) >= 11 is 1.57. The van der Waals surface area contributed by atoms with Crippen LogP contribution in [-0.4, -0.2) is 16.9 Å². The minimum absolute atomic E-state index is 0.216. The molecule has 32 heavy (non-hydrogen) atoms. The molecule has 0 radical (unpaired) electrons. The first-order valence-electron chi connectivity index (χ1n) is 11.1. The Balaban J connectivity index is 1.43. The van der Waals surface area contributed by atoms with Gasteiger partial charge in [-0.25, -0.2) is 4.99 Å². The van der Waals surface area contributed by atoms with Crippen LogP contribution in [0.2, 0.25) is 0 Å². The zero-order valence-electron chi connectivity index (χ0n) is 18.0. The Labute approximate surface area is 192 Å². The van der Waals surface area contributed by atoms with Gasteiger partial charge in [0.2, 0.25) is 0 Å². The molecule has 1 heterocycles. The Hall–Kier alpha value is -3.03. The molecular formula is C25H29N5OS. The van der Waals surface area contributed by atoms with E-state index in [0.717, 1.165) is 30.0 Å². The maximum atomic E-state index is 12.5. The molecule has 0 aliphatic heterocycles. The molecule has 4 rings (SSSR count). The van der Waals surface area contributed by atoms with Gasteiger partial charge in [-0.2, -0.15) is 0 Å². The summed E-state index contributed by atoms with van der Waals surface area (Å²) in [6, 6.07) is 20.3. The number of amidine groups is 1. The van der Waals surface area contributed by atoms with E-state index in [2.05, 4.69) is 32.1 Å². The number of aromatic amines is 1. The van der Waals surface area contributed by atoms with E-state index in [-0.39, 0.29) is 11.4 Å². The maximum absolute atomic E-state index is 12.5. The molecule has 166 valence electrons. The summed E-state index contributed by atoms with van der Waals surface area (Å²) in [7, 11) is 0. The van der Waals surface area contributed by atoms with Crippen molar-refractivity contribution in [3.8, 4) is 0 Å². The lowest BCUT2D eigenvalue weighted by atomic mass is 9.95. The average Bonchev–Trinajstić information content (AvgIpc) is 2.82. The number of nitrogens with zero attached hydrogens (tertiary/aromatic N) is 1. The highest BCUT2D eigenvalue weighted by atomic mass is 32.2. The Morgan fingerprint density at radius 2 is 1.78 bits per heavy atom. The smallest absolute Gasteiger partial charge is 0.261 e. The minimum atomic E-state index is -0.232. The molecular weight excluding hydrogens is 418 g/mol. The normalized spacial score (nSPS) is 14.9. The number of rotatable bonds is 8. The van der Waals surface area contributed by atoms with Gasteiger partial charge in [0.25, 0.3) is 5.56 Å². The topological polar surface area (TPSA) is 95.3 Å². The molecule has 0 unspecified atom stereocenters. The van der Waals surface area contributed by atoms with Crippen molar-refractivity contribution in [3.05, 3.63) is 88.3 Å². The molecule has 0 amide bonds. The van der Waals surface area contributed by atoms with E-state index >= 15 is 0 Å². The zero-order chi connectivity index (χ0) is 22.2. The Kier molecular flexibility index (Phi) is 7.64. The third-order valence-corrected chi connectivity index (χ3v) is 6.37. The first-order valence-corrected chi connectivity index (χ1v) is 11.9. The molecule has 1 fully saturated rings. The zero-order valence-corrected chi connectivity index (χ0v) is 18.8. The Morgan fingerprint density at radius 3 is 2.53 bits per heavy atom. The van der Waals surface area contributed by atoms with E-state index in [1.165, 1.54) is 24.8 Å². The molecule has 7 heteroatoms. The van der Waals surface area contributed by atoms with Crippen LogP contribution in [0.25, 0.3) is 0 Å². The average molecular weight is 448 g/mol. The van der Waals surface area contributed by atoms with Crippen LogP contribution >= 0.6 is 11.9 Å². The first kappa shape index (κ1) is 22.2. The van der Waals surface area contributed by atoms with Crippen molar-refractivity contribution >= 4 is 29.2 Å². The molecule has 0 saturated heterocycles. The summed E-state index contributed by atoms with van der Waals surface area (Å²) in [5, 5.41) is 3.51. The van der Waals surface area contributed by atoms with Gasteiger partial charge in [0.15, 0.2) is 0 Å². The highest BCUT2D eigenvalue weighted by molar-refractivity contribution is 7.97. The summed E-state index contributed by atoms with van der Waals surface area (Å²) in [6.45, 7) is 0.784. The van der Waals surface area contributed by atoms with Crippen LogP contribution in [0.3, 0.4) is 0 Å². The second kappa shape index (κ2) is 11.0. The van der Waals surface area contributed by atoms with Crippen LogP contribution < -0.4 is 21.3 Å². The summed E-state index contributed by atoms with van der Waals surface area (Å²) < 4.78 is 3.36. The van der Waals surface area contributed by atoms with Crippen molar-refractivity contribution < 1.29 is 0 Å². The number of nitrogens with two attached hydrogens (primary N) is 1. The highest BCUT2D eigenvalue weighted by Gasteiger charge is 2.17. The van der Waals surface area contributed by atoms with Gasteiger partial charge < -0.3 is 16.0 Å². The van der Waals surface area contributed by atoms with Crippen LogP contribution in [0.5, 0.6) is 0 Å². The molecule has 0 bridgehead atoms. The molecule has 1 saturated carbocycles. The molecule has 3 aromatic rings. The summed E-state index contributed by atoms with van der Waals surface area (Å²) in [5.74, 6) is 0.216. The minimum Gasteiger partial charge on any atom is -0.383 e. The number of aromatic nitrogens is 1. The largest absolute Gasteiger partial charge is 0.383 e. The van der Waals surface area contributed by atoms with E-state index in [1.54, 1.807) is 18.1 Å². The molecule has 6 nitrogen and oxygen atoms in total. The second-order valence-corrected chi connectivity index (χ2v) is 8.94. The van der Waals surface area contributed by atoms with Crippen molar-refractivity contribution in [3.63, 3.8) is 0 Å². The van der Waals surface area contributed by atoms with Crippen LogP contribution in [-0.2, 0) is 6.54 Å². The molecule has 5 N–H and O–H groups in total. The van der Waals surface area contributed by atoms with E-state index in [4.69, 9.17) is 5.73 Å². The number of pyridine rings is 1. The third kappa shape index (κ3) is 6.02. The fourth-order valence-corrected chi connectivity index (χ4v) is 4.58. The van der Waals surface area contributed by atoms with Crippen molar-refractivity contribution in [1.29, 1.82) is 0 Å². The van der Waals surface area contributed by atoms with Gasteiger partial charge in [-0.05, 0) is 60.7 Å². The predicted octanol–water partition coefficient (Wildman–Crippen LogP) is 4.95. The fraction of sp³-hybridized carbons (Fsp3) is 0.280. The highest BCUT2D eigenvalue weighted by Crippen LogP contribution is 2.24. The van der Waals surface area contributed by atoms with Gasteiger partial charge in [-0.3, -0.25) is 9.52 Å². The standard InChI is InChI=1S/C25H29N5OS/c26-24(23-22(15-16-27-25(23)31)29-19-9-5-2-6-10-19)30-20-11-13-21(14-12-20)32-28-17-18-7-3-1-4-8-18/h1,3-4,7-8,11-16,19,28H,2,5-6,9-10,17H2,(H2,26,30)(H2,27,29,31). The monoisotopic (exact) mass is 447 g/mol. The molecule has 0 spiro atoms. The van der Waals surface area contributed by atoms with E-state index < -0.39 is 0 Å². The third-order valence-electron chi connectivity index (χ3n) is 5.58. The lowest BCUT2D eigenvalue weighted by molar-refractivity contribution is 0.462. The molecule has 1 aliphatic carbocycles. The first-order chi connectivity index (χ1) is 15.7. The number of aliphatic imine (C=N–C) groups is 1. The van der Waals surface area contributed by atoms with Crippen molar-refractivity contribution in [2.75, 3.05) is 5.32 Å². The SMILES string of the molecule is NC(=Nc1ccc(SNCc2ccccc2)cc1)c1c(NC2CCCCC2)cc[nH]c1=O. The van der Waals surface area contributed by atoms with Gasteiger partial charge in [0.1, 0.15) is 11.4 Å². The molecule has 1 aliphatic rings. The van der Waals surface area contributed by atoms with Crippen LogP contribution in [0.4, 0.5) is 11.4 Å². The van der Waals surface area contributed by atoms with Crippen molar-refractivity contribution in [2.24, 2.45) is 10.7 Å². The number of H-pyrrole nitrogens is 1.